The van der Waals surface area contributed by atoms with E-state index in [1.165, 1.54) is 9.47 Å². The van der Waals surface area contributed by atoms with Gasteiger partial charge in [-0.15, -0.1) is 0 Å². The number of unbranched alkanes of at least 4 members (excludes halogenated alkanes) is 1. The largest absolute Gasteiger partial charge is 0.383 e. The molecule has 1 aromatic carbocycles. The summed E-state index contributed by atoms with van der Waals surface area (Å²) in [5, 5.41) is 0. The molecule has 1 aromatic heterocycles. The molecule has 9 nitrogen and oxygen atoms in total. The molecule has 4 rings (SSSR count). The molecule has 2 amide bonds. The normalized spacial score (nSPS) is 18.6. The van der Waals surface area contributed by atoms with Crippen molar-refractivity contribution in [3.05, 3.63) is 56.7 Å². The van der Waals surface area contributed by atoms with Gasteiger partial charge in [0.05, 0.1) is 12.5 Å². The van der Waals surface area contributed by atoms with Crippen LogP contribution in [-0.4, -0.2) is 38.9 Å². The minimum Gasteiger partial charge on any atom is -0.383 e. The highest BCUT2D eigenvalue weighted by molar-refractivity contribution is 6.00. The molecular formula is C25H33N5O4. The molecule has 2 fully saturated rings. The summed E-state index contributed by atoms with van der Waals surface area (Å²) in [5.41, 5.74) is 5.84. The van der Waals surface area contributed by atoms with Crippen LogP contribution in [0.15, 0.2) is 39.9 Å². The standard InChI is InChI=1S/C25H33N5O4/c1-2-3-13-28-22(26)21(23(32)27-25(28)34)30(15-17-9-5-4-6-10-17)24(33)18-14-20(31)29(16-18)19-11-7-8-12-19/h4-6,9-10,18-19H,2-3,7-8,11-16,26H2,1H3,(H,27,32,34). The van der Waals surface area contributed by atoms with Crippen LogP contribution in [0.4, 0.5) is 11.5 Å². The first-order valence-corrected chi connectivity index (χ1v) is 12.2. The van der Waals surface area contributed by atoms with Crippen LogP contribution in [0.5, 0.6) is 0 Å². The lowest BCUT2D eigenvalue weighted by atomic mass is 10.1. The van der Waals surface area contributed by atoms with Crippen molar-refractivity contribution >= 4 is 23.3 Å². The first-order valence-electron chi connectivity index (χ1n) is 12.2. The Morgan fingerprint density at radius 3 is 2.53 bits per heavy atom. The van der Waals surface area contributed by atoms with Gasteiger partial charge < -0.3 is 10.6 Å². The van der Waals surface area contributed by atoms with Crippen molar-refractivity contribution in [3.63, 3.8) is 0 Å². The fourth-order valence-corrected chi connectivity index (χ4v) is 5.10. The zero-order valence-electron chi connectivity index (χ0n) is 19.7. The second-order valence-electron chi connectivity index (χ2n) is 9.29. The molecule has 2 heterocycles. The minimum atomic E-state index is -0.698. The quantitative estimate of drug-likeness (QED) is 0.617. The molecule has 0 radical (unpaired) electrons. The molecule has 2 aromatic rings. The summed E-state index contributed by atoms with van der Waals surface area (Å²) < 4.78 is 1.32. The number of carbonyl (C=O) groups excluding carboxylic acids is 2. The van der Waals surface area contributed by atoms with E-state index < -0.39 is 17.2 Å². The number of nitrogen functional groups attached to an aromatic ring is 1. The third kappa shape index (κ3) is 4.78. The fraction of sp³-hybridized carbons (Fsp3) is 0.520. The number of aromatic amines is 1. The molecule has 1 saturated carbocycles. The maximum absolute atomic E-state index is 13.8. The van der Waals surface area contributed by atoms with Crippen LogP contribution in [0, 0.1) is 5.92 Å². The van der Waals surface area contributed by atoms with Crippen LogP contribution in [0.3, 0.4) is 0 Å². The van der Waals surface area contributed by atoms with Crippen LogP contribution in [-0.2, 0) is 22.7 Å². The van der Waals surface area contributed by atoms with Gasteiger partial charge in [0.15, 0.2) is 5.69 Å². The van der Waals surface area contributed by atoms with E-state index in [1.807, 2.05) is 42.2 Å². The van der Waals surface area contributed by atoms with Crippen LogP contribution < -0.4 is 21.9 Å². The first kappa shape index (κ1) is 23.8. The van der Waals surface area contributed by atoms with Crippen molar-refractivity contribution in [2.45, 2.75) is 71.0 Å². The summed E-state index contributed by atoms with van der Waals surface area (Å²) in [4.78, 5) is 57.5. The van der Waals surface area contributed by atoms with Crippen LogP contribution in [0.1, 0.15) is 57.4 Å². The second kappa shape index (κ2) is 10.3. The Kier molecular flexibility index (Phi) is 7.19. The van der Waals surface area contributed by atoms with Gasteiger partial charge in [0.1, 0.15) is 5.82 Å². The van der Waals surface area contributed by atoms with Gasteiger partial charge in [0, 0.05) is 25.6 Å². The molecule has 34 heavy (non-hydrogen) atoms. The van der Waals surface area contributed by atoms with Crippen LogP contribution >= 0.6 is 0 Å². The number of rotatable bonds is 8. The summed E-state index contributed by atoms with van der Waals surface area (Å²) in [6.45, 7) is 2.80. The number of hydrogen-bond acceptors (Lipinski definition) is 5. The molecule has 1 saturated heterocycles. The monoisotopic (exact) mass is 467 g/mol. The van der Waals surface area contributed by atoms with Gasteiger partial charge in [-0.25, -0.2) is 4.79 Å². The molecule has 1 unspecified atom stereocenters. The number of hydrogen-bond donors (Lipinski definition) is 2. The summed E-state index contributed by atoms with van der Waals surface area (Å²) in [6.07, 6.45) is 5.79. The average Bonchev–Trinajstić information content (AvgIpc) is 3.48. The number of benzene rings is 1. The maximum Gasteiger partial charge on any atom is 0.330 e. The van der Waals surface area contributed by atoms with E-state index in [2.05, 4.69) is 4.98 Å². The Morgan fingerprint density at radius 2 is 1.85 bits per heavy atom. The third-order valence-electron chi connectivity index (χ3n) is 6.94. The van der Waals surface area contributed by atoms with Crippen molar-refractivity contribution < 1.29 is 9.59 Å². The fourth-order valence-electron chi connectivity index (χ4n) is 5.10. The summed E-state index contributed by atoms with van der Waals surface area (Å²) in [5.74, 6) is -0.926. The van der Waals surface area contributed by atoms with Gasteiger partial charge in [0.2, 0.25) is 11.8 Å². The predicted octanol–water partition coefficient (Wildman–Crippen LogP) is 2.24. The molecule has 2 aliphatic rings. The van der Waals surface area contributed by atoms with Gasteiger partial charge in [-0.05, 0) is 24.8 Å². The number of nitrogens with two attached hydrogens (primary N) is 1. The zero-order chi connectivity index (χ0) is 24.2. The van der Waals surface area contributed by atoms with Gasteiger partial charge in [-0.2, -0.15) is 0 Å². The van der Waals surface area contributed by atoms with E-state index in [-0.39, 0.29) is 42.3 Å². The number of aromatic nitrogens is 2. The topological polar surface area (TPSA) is 121 Å². The van der Waals surface area contributed by atoms with Gasteiger partial charge in [-0.3, -0.25) is 28.8 Å². The van der Waals surface area contributed by atoms with E-state index in [9.17, 15) is 19.2 Å². The molecule has 1 aliphatic carbocycles. The Hall–Kier alpha value is -3.36. The van der Waals surface area contributed by atoms with Gasteiger partial charge in [-0.1, -0.05) is 56.5 Å². The van der Waals surface area contributed by atoms with Crippen molar-refractivity contribution in [2.24, 2.45) is 5.92 Å². The lowest BCUT2D eigenvalue weighted by molar-refractivity contribution is -0.130. The smallest absolute Gasteiger partial charge is 0.330 e. The van der Waals surface area contributed by atoms with E-state index in [4.69, 9.17) is 5.73 Å². The lowest BCUT2D eigenvalue weighted by Crippen LogP contribution is -2.44. The van der Waals surface area contributed by atoms with E-state index >= 15 is 0 Å². The van der Waals surface area contributed by atoms with Crippen molar-refractivity contribution in [2.75, 3.05) is 17.2 Å². The van der Waals surface area contributed by atoms with E-state index in [0.29, 0.717) is 19.5 Å². The molecular weight excluding hydrogens is 434 g/mol. The molecule has 3 N–H and O–H groups in total. The Morgan fingerprint density at radius 1 is 1.15 bits per heavy atom. The first-order chi connectivity index (χ1) is 16.4. The number of amides is 2. The average molecular weight is 468 g/mol. The van der Waals surface area contributed by atoms with Crippen LogP contribution in [0.2, 0.25) is 0 Å². The Labute approximate surface area is 198 Å². The molecule has 1 atom stereocenters. The van der Waals surface area contributed by atoms with Crippen molar-refractivity contribution in [3.8, 4) is 0 Å². The van der Waals surface area contributed by atoms with Crippen molar-refractivity contribution in [1.82, 2.24) is 14.5 Å². The Balaban J connectivity index is 1.71. The number of carbonyl (C=O) groups is 2. The number of likely N-dealkylation sites (tertiary alicyclic amines) is 1. The summed E-state index contributed by atoms with van der Waals surface area (Å²) in [7, 11) is 0. The SMILES string of the molecule is CCCCn1c(N)c(N(Cc2ccccc2)C(=O)C2CC(=O)N(C3CCCC3)C2)c(=O)[nH]c1=O. The molecule has 0 bridgehead atoms. The van der Waals surface area contributed by atoms with Gasteiger partial charge in [0.25, 0.3) is 5.56 Å². The van der Waals surface area contributed by atoms with E-state index in [1.54, 1.807) is 0 Å². The number of nitrogens with one attached hydrogen (secondary N) is 1. The lowest BCUT2D eigenvalue weighted by Gasteiger charge is -2.28. The third-order valence-corrected chi connectivity index (χ3v) is 6.94. The Bertz CT molecular complexity index is 1150. The van der Waals surface area contributed by atoms with Gasteiger partial charge >= 0.3 is 5.69 Å². The van der Waals surface area contributed by atoms with Crippen LogP contribution in [0.25, 0.3) is 0 Å². The van der Waals surface area contributed by atoms with Crippen molar-refractivity contribution in [1.29, 1.82) is 0 Å². The zero-order valence-corrected chi connectivity index (χ0v) is 19.7. The highest BCUT2D eigenvalue weighted by atomic mass is 16.2. The molecule has 0 spiro atoms. The second-order valence-corrected chi connectivity index (χ2v) is 9.29. The molecule has 1 aliphatic heterocycles. The number of H-pyrrole nitrogens is 1. The maximum atomic E-state index is 13.8. The molecule has 182 valence electrons. The highest BCUT2D eigenvalue weighted by Crippen LogP contribution is 2.32. The van der Waals surface area contributed by atoms with E-state index in [0.717, 1.165) is 37.7 Å². The number of nitrogens with zero attached hydrogens (tertiary/aromatic N) is 3. The highest BCUT2D eigenvalue weighted by Gasteiger charge is 2.41. The summed E-state index contributed by atoms with van der Waals surface area (Å²) in [6, 6.07) is 9.50. The summed E-state index contributed by atoms with van der Waals surface area (Å²) >= 11 is 0. The predicted molar refractivity (Wildman–Crippen MR) is 130 cm³/mol. The molecule has 9 heteroatoms. The number of anilines is 2. The minimum absolute atomic E-state index is 0.0142.